The molecule has 0 aliphatic carbocycles. The van der Waals surface area contributed by atoms with E-state index in [0.717, 1.165) is 0 Å². The maximum Gasteiger partial charge on any atom is 0.402 e. The molecule has 0 atom stereocenters. The highest BCUT2D eigenvalue weighted by molar-refractivity contribution is 7.89. The molecule has 20 heavy (non-hydrogen) atoms. The second kappa shape index (κ2) is 6.55. The van der Waals surface area contributed by atoms with Crippen molar-refractivity contribution in [2.24, 2.45) is 5.73 Å². The van der Waals surface area contributed by atoms with Crippen molar-refractivity contribution >= 4 is 10.0 Å². The molecule has 1 aromatic rings. The van der Waals surface area contributed by atoms with Gasteiger partial charge in [0.1, 0.15) is 6.54 Å². The molecule has 8 heteroatoms. The van der Waals surface area contributed by atoms with Crippen LogP contribution in [0.4, 0.5) is 13.2 Å². The molecule has 0 heterocycles. The van der Waals surface area contributed by atoms with E-state index in [1.54, 1.807) is 13.0 Å². The van der Waals surface area contributed by atoms with E-state index < -0.39 is 22.7 Å². The zero-order valence-electron chi connectivity index (χ0n) is 11.0. The Morgan fingerprint density at radius 1 is 1.25 bits per heavy atom. The second-order valence-corrected chi connectivity index (χ2v) is 6.17. The number of benzene rings is 1. The summed E-state index contributed by atoms with van der Waals surface area (Å²) < 4.78 is 62.7. The van der Waals surface area contributed by atoms with Crippen LogP contribution in [0.1, 0.15) is 18.9 Å². The van der Waals surface area contributed by atoms with E-state index in [0.29, 0.717) is 16.3 Å². The molecule has 4 nitrogen and oxygen atoms in total. The molecule has 0 radical (unpaired) electrons. The van der Waals surface area contributed by atoms with Crippen molar-refractivity contribution in [3.63, 3.8) is 0 Å². The minimum atomic E-state index is -4.58. The molecule has 0 bridgehead atoms. The van der Waals surface area contributed by atoms with Crippen LogP contribution in [0.25, 0.3) is 0 Å². The van der Waals surface area contributed by atoms with E-state index in [2.05, 4.69) is 0 Å². The molecule has 0 aliphatic rings. The second-order valence-electron chi connectivity index (χ2n) is 4.27. The number of nitrogens with two attached hydrogens (primary N) is 1. The van der Waals surface area contributed by atoms with Gasteiger partial charge in [-0.25, -0.2) is 8.42 Å². The molecule has 0 aliphatic heterocycles. The maximum absolute atomic E-state index is 12.5. The Morgan fingerprint density at radius 2 is 1.85 bits per heavy atom. The average molecular weight is 310 g/mol. The van der Waals surface area contributed by atoms with Gasteiger partial charge in [-0.1, -0.05) is 25.1 Å². The first-order valence-corrected chi connectivity index (χ1v) is 7.51. The Kier molecular flexibility index (Phi) is 5.55. The Labute approximate surface area is 116 Å². The molecule has 0 spiro atoms. The van der Waals surface area contributed by atoms with Gasteiger partial charge < -0.3 is 5.73 Å². The fraction of sp³-hybridized carbons (Fsp3) is 0.500. The van der Waals surface area contributed by atoms with Crippen LogP contribution in [0.5, 0.6) is 0 Å². The van der Waals surface area contributed by atoms with E-state index >= 15 is 0 Å². The highest BCUT2D eigenvalue weighted by Crippen LogP contribution is 2.24. The largest absolute Gasteiger partial charge is 0.402 e. The lowest BCUT2D eigenvalue weighted by Gasteiger charge is -2.24. The van der Waals surface area contributed by atoms with Gasteiger partial charge in [-0.2, -0.15) is 17.5 Å². The minimum Gasteiger partial charge on any atom is -0.326 e. The Bertz CT molecular complexity index is 544. The number of hydrogen-bond donors (Lipinski definition) is 1. The lowest BCUT2D eigenvalue weighted by Crippen LogP contribution is -2.39. The molecule has 1 aromatic carbocycles. The summed E-state index contributed by atoms with van der Waals surface area (Å²) in [7, 11) is -4.21. The molecule has 1 rings (SSSR count). The van der Waals surface area contributed by atoms with Gasteiger partial charge in [0.2, 0.25) is 10.0 Å². The third kappa shape index (κ3) is 4.19. The van der Waals surface area contributed by atoms with Crippen molar-refractivity contribution in [1.29, 1.82) is 0 Å². The van der Waals surface area contributed by atoms with Crippen LogP contribution < -0.4 is 5.73 Å². The Balaban J connectivity index is 3.22. The monoisotopic (exact) mass is 310 g/mol. The smallest absolute Gasteiger partial charge is 0.326 e. The van der Waals surface area contributed by atoms with Crippen LogP contribution in [0.3, 0.4) is 0 Å². The van der Waals surface area contributed by atoms with E-state index in [1.165, 1.54) is 18.2 Å². The van der Waals surface area contributed by atoms with E-state index in [1.807, 2.05) is 0 Å². The van der Waals surface area contributed by atoms with Crippen LogP contribution in [0.15, 0.2) is 29.2 Å². The summed E-state index contributed by atoms with van der Waals surface area (Å²) in [6, 6.07) is 5.82. The van der Waals surface area contributed by atoms with E-state index in [4.69, 9.17) is 5.73 Å². The van der Waals surface area contributed by atoms with Crippen molar-refractivity contribution in [3.8, 4) is 0 Å². The predicted octanol–water partition coefficient (Wildman–Crippen LogP) is 2.11. The number of rotatable bonds is 6. The first-order valence-electron chi connectivity index (χ1n) is 6.07. The quantitative estimate of drug-likeness (QED) is 0.875. The first-order chi connectivity index (χ1) is 9.22. The lowest BCUT2D eigenvalue weighted by molar-refractivity contribution is -0.136. The van der Waals surface area contributed by atoms with Crippen LogP contribution in [-0.4, -0.2) is 32.0 Å². The summed E-state index contributed by atoms with van der Waals surface area (Å²) in [6.45, 7) is -0.127. The van der Waals surface area contributed by atoms with Gasteiger partial charge in [-0.3, -0.25) is 0 Å². The normalized spacial score (nSPS) is 12.9. The van der Waals surface area contributed by atoms with Gasteiger partial charge in [0.15, 0.2) is 0 Å². The van der Waals surface area contributed by atoms with Crippen LogP contribution in [0, 0.1) is 0 Å². The molecule has 0 aromatic heterocycles. The van der Waals surface area contributed by atoms with Gasteiger partial charge in [-0.05, 0) is 18.1 Å². The lowest BCUT2D eigenvalue weighted by atomic mass is 10.2. The van der Waals surface area contributed by atoms with Crippen molar-refractivity contribution in [2.75, 3.05) is 13.1 Å². The predicted molar refractivity (Wildman–Crippen MR) is 69.4 cm³/mol. The maximum atomic E-state index is 12.5. The first kappa shape index (κ1) is 16.9. The molecule has 0 fully saturated rings. The third-order valence-corrected chi connectivity index (χ3v) is 4.58. The van der Waals surface area contributed by atoms with E-state index in [9.17, 15) is 21.6 Å². The highest BCUT2D eigenvalue weighted by atomic mass is 32.2. The average Bonchev–Trinajstić information content (AvgIpc) is 2.36. The summed E-state index contributed by atoms with van der Waals surface area (Å²) in [6.07, 6.45) is -4.29. The molecule has 114 valence electrons. The Morgan fingerprint density at radius 3 is 2.35 bits per heavy atom. The topological polar surface area (TPSA) is 63.4 Å². The van der Waals surface area contributed by atoms with Gasteiger partial charge >= 0.3 is 6.18 Å². The molecule has 0 unspecified atom stereocenters. The fourth-order valence-electron chi connectivity index (χ4n) is 1.80. The summed E-state index contributed by atoms with van der Waals surface area (Å²) >= 11 is 0. The van der Waals surface area contributed by atoms with Crippen molar-refractivity contribution in [2.45, 2.75) is 31.0 Å². The number of hydrogen-bond acceptors (Lipinski definition) is 3. The summed E-state index contributed by atoms with van der Waals surface area (Å²) in [4.78, 5) is -0.166. The molecular formula is C12H17F3N2O2S. The SMILES string of the molecule is CCCN(CC(F)(F)F)S(=O)(=O)c1ccccc1CN. The molecule has 0 amide bonds. The zero-order chi connectivity index (χ0) is 15.4. The van der Waals surface area contributed by atoms with Crippen LogP contribution in [-0.2, 0) is 16.6 Å². The number of sulfonamides is 1. The standard InChI is InChI=1S/C12H17F3N2O2S/c1-2-7-17(9-12(13,14)15)20(18,19)11-6-4-3-5-10(11)8-16/h3-6H,2,7-9,16H2,1H3. The number of alkyl halides is 3. The number of halogens is 3. The molecule has 0 saturated heterocycles. The van der Waals surface area contributed by atoms with Crippen molar-refractivity contribution in [1.82, 2.24) is 4.31 Å². The minimum absolute atomic E-state index is 0.0542. The van der Waals surface area contributed by atoms with Gasteiger partial charge in [0.25, 0.3) is 0 Å². The van der Waals surface area contributed by atoms with Gasteiger partial charge in [-0.15, -0.1) is 0 Å². The molecule has 0 saturated carbocycles. The third-order valence-electron chi connectivity index (χ3n) is 2.64. The van der Waals surface area contributed by atoms with Crippen LogP contribution in [0.2, 0.25) is 0 Å². The van der Waals surface area contributed by atoms with Crippen LogP contribution >= 0.6 is 0 Å². The molecular weight excluding hydrogens is 293 g/mol. The zero-order valence-corrected chi connectivity index (χ0v) is 11.8. The Hall–Kier alpha value is -1.12. The number of nitrogens with zero attached hydrogens (tertiary/aromatic N) is 1. The summed E-state index contributed by atoms with van der Waals surface area (Å²) in [5.41, 5.74) is 5.75. The van der Waals surface area contributed by atoms with Crippen molar-refractivity contribution < 1.29 is 21.6 Å². The summed E-state index contributed by atoms with van der Waals surface area (Å²) in [5, 5.41) is 0. The fourth-order valence-corrected chi connectivity index (χ4v) is 3.55. The molecule has 2 N–H and O–H groups in total. The van der Waals surface area contributed by atoms with Gasteiger partial charge in [0, 0.05) is 13.1 Å². The van der Waals surface area contributed by atoms with E-state index in [-0.39, 0.29) is 18.0 Å². The summed E-state index contributed by atoms with van der Waals surface area (Å²) in [5.74, 6) is 0. The highest BCUT2D eigenvalue weighted by Gasteiger charge is 2.37. The van der Waals surface area contributed by atoms with Crippen molar-refractivity contribution in [3.05, 3.63) is 29.8 Å². The van der Waals surface area contributed by atoms with Gasteiger partial charge in [0.05, 0.1) is 4.90 Å².